The van der Waals surface area contributed by atoms with Crippen LogP contribution < -0.4 is 11.1 Å². The summed E-state index contributed by atoms with van der Waals surface area (Å²) in [6.45, 7) is 0. The van der Waals surface area contributed by atoms with Crippen molar-refractivity contribution in [2.45, 2.75) is 5.92 Å². The van der Waals surface area contributed by atoms with Gasteiger partial charge in [0.25, 0.3) is 0 Å². The van der Waals surface area contributed by atoms with Gasteiger partial charge in [0.2, 0.25) is 5.91 Å². The van der Waals surface area contributed by atoms with Gasteiger partial charge in [-0.2, -0.15) is 0 Å². The van der Waals surface area contributed by atoms with Crippen LogP contribution >= 0.6 is 12.2 Å². The van der Waals surface area contributed by atoms with Crippen molar-refractivity contribution >= 4 is 28.8 Å². The normalized spacial score (nSPS) is 20.9. The fourth-order valence-electron chi connectivity index (χ4n) is 2.75. The van der Waals surface area contributed by atoms with E-state index in [1.54, 1.807) is 0 Å². The van der Waals surface area contributed by atoms with Gasteiger partial charge in [-0.05, 0) is 11.1 Å². The van der Waals surface area contributed by atoms with Crippen LogP contribution in [0, 0.1) is 5.92 Å². The van der Waals surface area contributed by atoms with Crippen molar-refractivity contribution in [3.8, 4) is 0 Å². The van der Waals surface area contributed by atoms with Crippen LogP contribution in [0.3, 0.4) is 0 Å². The molecule has 1 amide bonds. The second-order valence-electron chi connectivity index (χ2n) is 5.25. The molecule has 0 spiro atoms. The first-order valence-corrected chi connectivity index (χ1v) is 7.50. The Kier molecular flexibility index (Phi) is 4.02. The summed E-state index contributed by atoms with van der Waals surface area (Å²) in [5.74, 6) is -0.824. The highest BCUT2D eigenvalue weighted by atomic mass is 32.1. The number of carbonyl (C=O) groups is 1. The summed E-state index contributed by atoms with van der Waals surface area (Å²) in [6.07, 6.45) is 2.04. The predicted octanol–water partition coefficient (Wildman–Crippen LogP) is 2.84. The highest BCUT2D eigenvalue weighted by Gasteiger charge is 2.35. The number of nitrogens with one attached hydrogen (secondary N) is 1. The summed E-state index contributed by atoms with van der Waals surface area (Å²) in [5, 5.41) is 2.92. The van der Waals surface area contributed by atoms with Gasteiger partial charge in [-0.3, -0.25) is 4.79 Å². The minimum Gasteiger partial charge on any atom is -0.393 e. The number of rotatable bonds is 3. The van der Waals surface area contributed by atoms with Crippen molar-refractivity contribution in [2.24, 2.45) is 11.7 Å². The lowest BCUT2D eigenvalue weighted by Crippen LogP contribution is -2.43. The molecule has 3 rings (SSSR count). The number of hydrogen-bond acceptors (Lipinski definition) is 2. The van der Waals surface area contributed by atoms with Gasteiger partial charge in [-0.1, -0.05) is 79.0 Å². The Morgan fingerprint density at radius 1 is 1.00 bits per heavy atom. The molecule has 3 nitrogen and oxygen atoms in total. The van der Waals surface area contributed by atoms with Gasteiger partial charge in [0.1, 0.15) is 0 Å². The molecule has 0 saturated carbocycles. The smallest absolute Gasteiger partial charge is 0.235 e. The van der Waals surface area contributed by atoms with E-state index < -0.39 is 5.92 Å². The highest BCUT2D eigenvalue weighted by Crippen LogP contribution is 2.33. The van der Waals surface area contributed by atoms with E-state index in [0.29, 0.717) is 0 Å². The number of amides is 1. The monoisotopic (exact) mass is 308 g/mol. The first kappa shape index (κ1) is 14.5. The fraction of sp³-hybridized carbons (Fsp3) is 0.111. The third-order valence-electron chi connectivity index (χ3n) is 3.82. The number of nitrogens with two attached hydrogens (primary N) is 1. The van der Waals surface area contributed by atoms with E-state index in [0.717, 1.165) is 16.8 Å². The Morgan fingerprint density at radius 2 is 1.59 bits per heavy atom. The number of hydrogen-bond donors (Lipinski definition) is 2. The summed E-state index contributed by atoms with van der Waals surface area (Å²) in [6, 6.07) is 19.6. The average molecular weight is 308 g/mol. The van der Waals surface area contributed by atoms with Crippen molar-refractivity contribution in [2.75, 3.05) is 0 Å². The molecule has 0 bridgehead atoms. The van der Waals surface area contributed by atoms with Gasteiger partial charge < -0.3 is 11.1 Å². The zero-order chi connectivity index (χ0) is 15.5. The van der Waals surface area contributed by atoms with Crippen molar-refractivity contribution in [3.05, 3.63) is 77.9 Å². The Bertz CT molecular complexity index is 725. The average Bonchev–Trinajstić information content (AvgIpc) is 2.55. The van der Waals surface area contributed by atoms with Gasteiger partial charge in [0, 0.05) is 11.6 Å². The van der Waals surface area contributed by atoms with Gasteiger partial charge in [0.15, 0.2) is 0 Å². The van der Waals surface area contributed by atoms with Crippen molar-refractivity contribution in [1.29, 1.82) is 0 Å². The molecule has 0 radical (unpaired) electrons. The molecular weight excluding hydrogens is 292 g/mol. The van der Waals surface area contributed by atoms with E-state index in [-0.39, 0.29) is 16.8 Å². The summed E-state index contributed by atoms with van der Waals surface area (Å²) < 4.78 is 0. The number of carbonyl (C=O) groups excluding carboxylic acids is 1. The molecule has 2 aromatic rings. The second-order valence-corrected chi connectivity index (χ2v) is 5.72. The van der Waals surface area contributed by atoms with Crippen LogP contribution in [0.1, 0.15) is 17.0 Å². The Hall–Kier alpha value is -2.46. The zero-order valence-electron chi connectivity index (χ0n) is 11.9. The SMILES string of the molecule is NC(=S)C1C(=O)NC(c2ccccc2)=CC1c1ccccc1. The molecule has 2 unspecified atom stereocenters. The lowest BCUT2D eigenvalue weighted by Gasteiger charge is -2.29. The summed E-state index contributed by atoms with van der Waals surface area (Å²) in [5.41, 5.74) is 8.61. The molecule has 22 heavy (non-hydrogen) atoms. The third kappa shape index (κ3) is 2.78. The number of benzene rings is 2. The molecule has 110 valence electrons. The van der Waals surface area contributed by atoms with Crippen LogP contribution in [0.25, 0.3) is 5.70 Å². The van der Waals surface area contributed by atoms with Gasteiger partial charge in [0.05, 0.1) is 10.9 Å². The van der Waals surface area contributed by atoms with Crippen LogP contribution in [-0.2, 0) is 4.79 Å². The van der Waals surface area contributed by atoms with E-state index >= 15 is 0 Å². The molecule has 1 aliphatic rings. The van der Waals surface area contributed by atoms with Crippen molar-refractivity contribution in [3.63, 3.8) is 0 Å². The van der Waals surface area contributed by atoms with E-state index in [2.05, 4.69) is 5.32 Å². The first-order chi connectivity index (χ1) is 10.7. The molecule has 0 aromatic heterocycles. The predicted molar refractivity (Wildman–Crippen MR) is 92.0 cm³/mol. The molecule has 2 aromatic carbocycles. The largest absolute Gasteiger partial charge is 0.393 e. The molecule has 0 saturated heterocycles. The Balaban J connectivity index is 2.08. The highest BCUT2D eigenvalue weighted by molar-refractivity contribution is 7.80. The molecule has 1 aliphatic heterocycles. The lowest BCUT2D eigenvalue weighted by atomic mass is 9.81. The molecular formula is C18H16N2OS. The minimum absolute atomic E-state index is 0.150. The van der Waals surface area contributed by atoms with Gasteiger partial charge in [-0.25, -0.2) is 0 Å². The maximum Gasteiger partial charge on any atom is 0.235 e. The Labute approximate surface area is 134 Å². The lowest BCUT2D eigenvalue weighted by molar-refractivity contribution is -0.122. The summed E-state index contributed by atoms with van der Waals surface area (Å²) in [7, 11) is 0. The van der Waals surface area contributed by atoms with E-state index in [9.17, 15) is 4.79 Å². The van der Waals surface area contributed by atoms with Gasteiger partial charge >= 0.3 is 0 Å². The van der Waals surface area contributed by atoms with Crippen LogP contribution in [0.5, 0.6) is 0 Å². The number of allylic oxidation sites excluding steroid dienone is 1. The standard InChI is InChI=1S/C18H16N2OS/c19-17(22)16-14(12-7-3-1-4-8-12)11-15(20-18(16)21)13-9-5-2-6-10-13/h1-11,14,16H,(H2,19,22)(H,20,21). The molecule has 4 heteroatoms. The quantitative estimate of drug-likeness (QED) is 0.857. The summed E-state index contributed by atoms with van der Waals surface area (Å²) in [4.78, 5) is 12.7. The van der Waals surface area contributed by atoms with Crippen LogP contribution in [0.4, 0.5) is 0 Å². The molecule has 0 aliphatic carbocycles. The molecule has 3 N–H and O–H groups in total. The minimum atomic E-state index is -0.523. The zero-order valence-corrected chi connectivity index (χ0v) is 12.7. The topological polar surface area (TPSA) is 55.1 Å². The van der Waals surface area contributed by atoms with E-state index in [1.807, 2.05) is 66.7 Å². The Morgan fingerprint density at radius 3 is 2.18 bits per heavy atom. The van der Waals surface area contributed by atoms with Crippen molar-refractivity contribution < 1.29 is 4.79 Å². The number of thiocarbonyl (C=S) groups is 1. The fourth-order valence-corrected chi connectivity index (χ4v) is 3.00. The van der Waals surface area contributed by atoms with Crippen molar-refractivity contribution in [1.82, 2.24) is 5.32 Å². The third-order valence-corrected chi connectivity index (χ3v) is 4.08. The van der Waals surface area contributed by atoms with Crippen LogP contribution in [0.15, 0.2) is 66.7 Å². The first-order valence-electron chi connectivity index (χ1n) is 7.09. The molecule has 1 heterocycles. The molecule has 2 atom stereocenters. The van der Waals surface area contributed by atoms with Crippen LogP contribution in [-0.4, -0.2) is 10.9 Å². The van der Waals surface area contributed by atoms with Gasteiger partial charge in [-0.15, -0.1) is 0 Å². The van der Waals surface area contributed by atoms with E-state index in [1.165, 1.54) is 0 Å². The molecule has 0 fully saturated rings. The summed E-state index contributed by atoms with van der Waals surface area (Å²) >= 11 is 5.11. The second kappa shape index (κ2) is 6.12. The maximum atomic E-state index is 12.5. The maximum absolute atomic E-state index is 12.5. The van der Waals surface area contributed by atoms with Crippen LogP contribution in [0.2, 0.25) is 0 Å². The van der Waals surface area contributed by atoms with E-state index in [4.69, 9.17) is 18.0 Å².